The van der Waals surface area contributed by atoms with Crippen LogP contribution in [-0.4, -0.2) is 36.5 Å². The summed E-state index contributed by atoms with van der Waals surface area (Å²) in [5, 5.41) is 0. The van der Waals surface area contributed by atoms with Gasteiger partial charge in [-0.05, 0) is 36.2 Å². The molecule has 0 atom stereocenters. The van der Waals surface area contributed by atoms with Crippen molar-refractivity contribution in [2.24, 2.45) is 0 Å². The van der Waals surface area contributed by atoms with Gasteiger partial charge in [-0.2, -0.15) is 0 Å². The number of carbonyl (C=O) groups is 1. The Hall–Kier alpha value is -2.56. The molecule has 0 aliphatic rings. The number of nitrogen functional groups attached to an aromatic ring is 1. The number of benzene rings is 1. The zero-order valence-electron chi connectivity index (χ0n) is 12.2. The average Bonchev–Trinajstić information content (AvgIpc) is 2.52. The van der Waals surface area contributed by atoms with Gasteiger partial charge in [0, 0.05) is 31.7 Å². The number of amides is 1. The Labute approximate surface area is 124 Å². The summed E-state index contributed by atoms with van der Waals surface area (Å²) in [6, 6.07) is 9.08. The monoisotopic (exact) mass is 285 g/mol. The molecule has 1 amide bonds. The van der Waals surface area contributed by atoms with Crippen molar-refractivity contribution in [3.8, 4) is 5.75 Å². The van der Waals surface area contributed by atoms with Crippen molar-refractivity contribution in [3.63, 3.8) is 0 Å². The van der Waals surface area contributed by atoms with E-state index >= 15 is 0 Å². The molecule has 2 aromatic rings. The first kappa shape index (κ1) is 14.8. The van der Waals surface area contributed by atoms with Crippen LogP contribution in [0.5, 0.6) is 5.75 Å². The predicted octanol–water partition coefficient (Wildman–Crippen LogP) is 1.99. The third kappa shape index (κ3) is 3.51. The number of hydrogen-bond donors (Lipinski definition) is 1. The number of nitrogens with zero attached hydrogens (tertiary/aromatic N) is 2. The molecule has 21 heavy (non-hydrogen) atoms. The number of carbonyl (C=O) groups excluding carboxylic acids is 1. The number of aromatic nitrogens is 1. The van der Waals surface area contributed by atoms with Gasteiger partial charge in [0.1, 0.15) is 11.3 Å². The van der Waals surface area contributed by atoms with E-state index in [1.807, 2.05) is 12.1 Å². The lowest BCUT2D eigenvalue weighted by Crippen LogP contribution is -2.29. The highest BCUT2D eigenvalue weighted by Crippen LogP contribution is 2.25. The fourth-order valence-electron chi connectivity index (χ4n) is 2.09. The summed E-state index contributed by atoms with van der Waals surface area (Å²) in [4.78, 5) is 18.1. The standard InChI is InChI=1S/C16H19N3O2/c1-19(11-8-12-6-9-18-10-7-12)16(20)15-13(17)4-3-5-14(15)21-2/h3-7,9-10H,8,11,17H2,1-2H3. The molecule has 0 spiro atoms. The quantitative estimate of drug-likeness (QED) is 0.853. The van der Waals surface area contributed by atoms with E-state index < -0.39 is 0 Å². The van der Waals surface area contributed by atoms with Crippen molar-refractivity contribution in [3.05, 3.63) is 53.9 Å². The van der Waals surface area contributed by atoms with E-state index in [0.717, 1.165) is 12.0 Å². The van der Waals surface area contributed by atoms with Gasteiger partial charge in [-0.1, -0.05) is 6.07 Å². The zero-order chi connectivity index (χ0) is 15.2. The summed E-state index contributed by atoms with van der Waals surface area (Å²) in [7, 11) is 3.29. The van der Waals surface area contributed by atoms with Crippen LogP contribution in [-0.2, 0) is 6.42 Å². The maximum atomic E-state index is 12.5. The molecule has 1 heterocycles. The fourth-order valence-corrected chi connectivity index (χ4v) is 2.09. The number of nitrogens with two attached hydrogens (primary N) is 1. The highest BCUT2D eigenvalue weighted by Gasteiger charge is 2.19. The van der Waals surface area contributed by atoms with Gasteiger partial charge in [-0.15, -0.1) is 0 Å². The second kappa shape index (κ2) is 6.74. The van der Waals surface area contributed by atoms with Crippen molar-refractivity contribution in [2.45, 2.75) is 6.42 Å². The van der Waals surface area contributed by atoms with Crippen LogP contribution in [0.25, 0.3) is 0 Å². The Morgan fingerprint density at radius 2 is 2.00 bits per heavy atom. The van der Waals surface area contributed by atoms with Crippen LogP contribution in [0.2, 0.25) is 0 Å². The predicted molar refractivity (Wildman–Crippen MR) is 82.3 cm³/mol. The lowest BCUT2D eigenvalue weighted by Gasteiger charge is -2.19. The van der Waals surface area contributed by atoms with E-state index in [1.165, 1.54) is 7.11 Å². The van der Waals surface area contributed by atoms with Crippen molar-refractivity contribution in [1.82, 2.24) is 9.88 Å². The number of likely N-dealkylation sites (N-methyl/N-ethyl adjacent to an activating group) is 1. The van der Waals surface area contributed by atoms with Gasteiger partial charge in [0.05, 0.1) is 7.11 Å². The van der Waals surface area contributed by atoms with E-state index in [-0.39, 0.29) is 5.91 Å². The first-order chi connectivity index (χ1) is 10.1. The first-order valence-electron chi connectivity index (χ1n) is 6.70. The van der Waals surface area contributed by atoms with Crippen LogP contribution in [0.15, 0.2) is 42.7 Å². The van der Waals surface area contributed by atoms with Gasteiger partial charge in [-0.3, -0.25) is 9.78 Å². The Balaban J connectivity index is 2.09. The van der Waals surface area contributed by atoms with Crippen molar-refractivity contribution < 1.29 is 9.53 Å². The number of hydrogen-bond acceptors (Lipinski definition) is 4. The molecule has 2 rings (SSSR count). The number of anilines is 1. The van der Waals surface area contributed by atoms with Crippen LogP contribution >= 0.6 is 0 Å². The molecule has 2 N–H and O–H groups in total. The molecule has 0 aliphatic heterocycles. The molecular weight excluding hydrogens is 266 g/mol. The second-order valence-electron chi connectivity index (χ2n) is 4.76. The summed E-state index contributed by atoms with van der Waals surface area (Å²) in [6.45, 7) is 0.598. The average molecular weight is 285 g/mol. The largest absolute Gasteiger partial charge is 0.496 e. The van der Waals surface area contributed by atoms with E-state index in [1.54, 1.807) is 42.5 Å². The first-order valence-corrected chi connectivity index (χ1v) is 6.70. The molecule has 0 unspecified atom stereocenters. The lowest BCUT2D eigenvalue weighted by molar-refractivity contribution is 0.0794. The summed E-state index contributed by atoms with van der Waals surface area (Å²) in [5.74, 6) is 0.356. The number of rotatable bonds is 5. The minimum Gasteiger partial charge on any atom is -0.496 e. The normalized spacial score (nSPS) is 10.2. The van der Waals surface area contributed by atoms with Crippen LogP contribution in [0, 0.1) is 0 Å². The molecule has 1 aromatic carbocycles. The Morgan fingerprint density at radius 3 is 2.67 bits per heavy atom. The van der Waals surface area contributed by atoms with E-state index in [2.05, 4.69) is 4.98 Å². The smallest absolute Gasteiger partial charge is 0.259 e. The third-order valence-corrected chi connectivity index (χ3v) is 3.32. The summed E-state index contributed by atoms with van der Waals surface area (Å²) in [6.07, 6.45) is 4.25. The Morgan fingerprint density at radius 1 is 1.29 bits per heavy atom. The zero-order valence-corrected chi connectivity index (χ0v) is 12.2. The Bertz CT molecular complexity index is 614. The van der Waals surface area contributed by atoms with Gasteiger partial charge in [0.2, 0.25) is 0 Å². The van der Waals surface area contributed by atoms with Crippen LogP contribution < -0.4 is 10.5 Å². The summed E-state index contributed by atoms with van der Waals surface area (Å²) >= 11 is 0. The maximum Gasteiger partial charge on any atom is 0.259 e. The Kier molecular flexibility index (Phi) is 4.77. The number of ether oxygens (including phenoxy) is 1. The molecule has 0 bridgehead atoms. The SMILES string of the molecule is COc1cccc(N)c1C(=O)N(C)CCc1ccncc1. The van der Waals surface area contributed by atoms with Gasteiger partial charge in [0.15, 0.2) is 0 Å². The van der Waals surface area contributed by atoms with Crippen molar-refractivity contribution >= 4 is 11.6 Å². The molecule has 0 saturated carbocycles. The number of pyridine rings is 1. The molecule has 1 aromatic heterocycles. The van der Waals surface area contributed by atoms with Crippen LogP contribution in [0.3, 0.4) is 0 Å². The lowest BCUT2D eigenvalue weighted by atomic mass is 10.1. The fraction of sp³-hybridized carbons (Fsp3) is 0.250. The van der Waals surface area contributed by atoms with E-state index in [9.17, 15) is 4.79 Å². The van der Waals surface area contributed by atoms with Gasteiger partial charge in [0.25, 0.3) is 5.91 Å². The molecule has 5 nitrogen and oxygen atoms in total. The molecule has 0 aliphatic carbocycles. The summed E-state index contributed by atoms with van der Waals surface area (Å²) < 4.78 is 5.22. The molecule has 0 saturated heterocycles. The minimum atomic E-state index is -0.140. The van der Waals surface area contributed by atoms with Crippen LogP contribution in [0.1, 0.15) is 15.9 Å². The van der Waals surface area contributed by atoms with Gasteiger partial charge >= 0.3 is 0 Å². The van der Waals surface area contributed by atoms with Crippen molar-refractivity contribution in [1.29, 1.82) is 0 Å². The topological polar surface area (TPSA) is 68.5 Å². The van der Waals surface area contributed by atoms with Gasteiger partial charge in [-0.25, -0.2) is 0 Å². The maximum absolute atomic E-state index is 12.5. The highest BCUT2D eigenvalue weighted by molar-refractivity contribution is 6.01. The molecule has 0 fully saturated rings. The molecule has 5 heteroatoms. The van der Waals surface area contributed by atoms with Crippen LogP contribution in [0.4, 0.5) is 5.69 Å². The summed E-state index contributed by atoms with van der Waals surface area (Å²) in [5.41, 5.74) is 7.88. The van der Waals surface area contributed by atoms with E-state index in [4.69, 9.17) is 10.5 Å². The minimum absolute atomic E-state index is 0.140. The third-order valence-electron chi connectivity index (χ3n) is 3.32. The highest BCUT2D eigenvalue weighted by atomic mass is 16.5. The van der Waals surface area contributed by atoms with Crippen molar-refractivity contribution in [2.75, 3.05) is 26.4 Å². The molecular formula is C16H19N3O2. The molecule has 110 valence electrons. The molecule has 0 radical (unpaired) electrons. The van der Waals surface area contributed by atoms with Gasteiger partial charge < -0.3 is 15.4 Å². The second-order valence-corrected chi connectivity index (χ2v) is 4.76. The number of methoxy groups -OCH3 is 1. The van der Waals surface area contributed by atoms with E-state index in [0.29, 0.717) is 23.5 Å².